The van der Waals surface area contributed by atoms with Gasteiger partial charge in [-0.15, -0.1) is 0 Å². The average Bonchev–Trinajstić information content (AvgIpc) is 2.82. The van der Waals surface area contributed by atoms with Crippen LogP contribution in [0.25, 0.3) is 11.1 Å². The maximum atomic E-state index is 13.5. The van der Waals surface area contributed by atoms with Crippen LogP contribution in [0.3, 0.4) is 0 Å². The predicted molar refractivity (Wildman–Crippen MR) is 133 cm³/mol. The number of ether oxygens (including phenoxy) is 2. The molecule has 3 aromatic rings. The molecule has 5 heteroatoms. The normalized spacial score (nSPS) is 14.8. The Hall–Kier alpha value is -3.05. The summed E-state index contributed by atoms with van der Waals surface area (Å²) in [5.74, 6) is 1.31. The van der Waals surface area contributed by atoms with E-state index in [-0.39, 0.29) is 5.82 Å². The highest BCUT2D eigenvalue weighted by molar-refractivity contribution is 5.77. The van der Waals surface area contributed by atoms with Gasteiger partial charge in [0.05, 0.1) is 18.8 Å². The van der Waals surface area contributed by atoms with Crippen LogP contribution in [0.2, 0.25) is 0 Å². The van der Waals surface area contributed by atoms with Crippen LogP contribution in [0.4, 0.5) is 10.1 Å². The molecule has 0 radical (unpaired) electrons. The quantitative estimate of drug-likeness (QED) is 0.413. The molecule has 1 aliphatic heterocycles. The Kier molecular flexibility index (Phi) is 7.84. The minimum absolute atomic E-state index is 0.253. The lowest BCUT2D eigenvalue weighted by atomic mass is 9.99. The third kappa shape index (κ3) is 6.05. The highest BCUT2D eigenvalue weighted by atomic mass is 19.1. The number of halogens is 1. The largest absolute Gasteiger partial charge is 0.493 e. The molecule has 33 heavy (non-hydrogen) atoms. The van der Waals surface area contributed by atoms with Gasteiger partial charge in [-0.3, -0.25) is 4.90 Å². The number of rotatable bonds is 9. The summed E-state index contributed by atoms with van der Waals surface area (Å²) in [6.07, 6.45) is 2.22. The van der Waals surface area contributed by atoms with Gasteiger partial charge < -0.3 is 14.8 Å². The van der Waals surface area contributed by atoms with Crippen molar-refractivity contribution >= 4 is 5.69 Å². The van der Waals surface area contributed by atoms with Crippen molar-refractivity contribution in [3.63, 3.8) is 0 Å². The van der Waals surface area contributed by atoms with Crippen LogP contribution < -0.4 is 14.8 Å². The van der Waals surface area contributed by atoms with Crippen molar-refractivity contribution in [1.82, 2.24) is 4.90 Å². The van der Waals surface area contributed by atoms with E-state index in [1.165, 1.54) is 23.4 Å². The third-order valence-electron chi connectivity index (χ3n) is 6.00. The Balaban J connectivity index is 1.49. The van der Waals surface area contributed by atoms with Gasteiger partial charge in [0.2, 0.25) is 0 Å². The Bertz CT molecular complexity index is 989. The fourth-order valence-corrected chi connectivity index (χ4v) is 4.44. The van der Waals surface area contributed by atoms with Crippen molar-refractivity contribution in [3.8, 4) is 22.6 Å². The summed E-state index contributed by atoms with van der Waals surface area (Å²) >= 11 is 0. The minimum atomic E-state index is -0.253. The Morgan fingerprint density at radius 1 is 0.879 bits per heavy atom. The fraction of sp³-hybridized carbons (Fsp3) is 0.357. The molecular weight excluding hydrogens is 415 g/mol. The van der Waals surface area contributed by atoms with Crippen molar-refractivity contribution in [2.24, 2.45) is 0 Å². The molecule has 1 N–H and O–H groups in total. The number of piperidine rings is 1. The van der Waals surface area contributed by atoms with Gasteiger partial charge in [-0.1, -0.05) is 30.3 Å². The number of anilines is 1. The number of nitrogens with zero attached hydrogens (tertiary/aromatic N) is 1. The van der Waals surface area contributed by atoms with Gasteiger partial charge in [-0.05, 0) is 74.2 Å². The van der Waals surface area contributed by atoms with Crippen LogP contribution in [-0.4, -0.2) is 37.2 Å². The van der Waals surface area contributed by atoms with E-state index in [1.807, 2.05) is 19.9 Å². The molecule has 1 heterocycles. The van der Waals surface area contributed by atoms with E-state index in [0.29, 0.717) is 19.3 Å². The lowest BCUT2D eigenvalue weighted by molar-refractivity contribution is 0.210. The highest BCUT2D eigenvalue weighted by Gasteiger charge is 2.21. The first-order chi connectivity index (χ1) is 16.2. The molecule has 0 atom stereocenters. The number of benzene rings is 3. The maximum Gasteiger partial charge on any atom is 0.131 e. The number of nitrogens with one attached hydrogen (secondary N) is 1. The molecule has 1 saturated heterocycles. The minimum Gasteiger partial charge on any atom is -0.493 e. The predicted octanol–water partition coefficient (Wildman–Crippen LogP) is 6.37. The van der Waals surface area contributed by atoms with Gasteiger partial charge in [-0.25, -0.2) is 4.39 Å². The smallest absolute Gasteiger partial charge is 0.131 e. The fourth-order valence-electron chi connectivity index (χ4n) is 4.44. The number of likely N-dealkylation sites (tertiary alicyclic amines) is 1. The van der Waals surface area contributed by atoms with E-state index in [1.54, 1.807) is 12.1 Å². The van der Waals surface area contributed by atoms with Crippen molar-refractivity contribution in [2.45, 2.75) is 39.3 Å². The first-order valence-electron chi connectivity index (χ1n) is 11.9. The molecule has 174 valence electrons. The molecule has 0 spiro atoms. The molecule has 4 rings (SSSR count). The zero-order valence-corrected chi connectivity index (χ0v) is 19.5. The van der Waals surface area contributed by atoms with Gasteiger partial charge in [-0.2, -0.15) is 0 Å². The monoisotopic (exact) mass is 448 g/mol. The molecular formula is C28H33FN2O2. The average molecular weight is 449 g/mol. The van der Waals surface area contributed by atoms with E-state index in [4.69, 9.17) is 9.47 Å². The molecule has 1 fully saturated rings. The Morgan fingerprint density at radius 3 is 2.06 bits per heavy atom. The molecule has 1 aliphatic rings. The zero-order chi connectivity index (χ0) is 23.0. The van der Waals surface area contributed by atoms with Crippen molar-refractivity contribution < 1.29 is 13.9 Å². The second kappa shape index (κ2) is 11.2. The van der Waals surface area contributed by atoms with Crippen LogP contribution in [0.15, 0.2) is 66.7 Å². The van der Waals surface area contributed by atoms with Crippen molar-refractivity contribution in [3.05, 3.63) is 78.1 Å². The standard InChI is InChI=1S/C28H33FN2O2/c1-3-32-26-18-21(19-27(33-4-2)28(26)22-10-12-23(29)13-11-22)20-31-16-14-25(15-17-31)30-24-8-6-5-7-9-24/h5-13,18-19,25,30H,3-4,14-17,20H2,1-2H3. The summed E-state index contributed by atoms with van der Waals surface area (Å²) in [4.78, 5) is 2.49. The number of hydrogen-bond donors (Lipinski definition) is 1. The summed E-state index contributed by atoms with van der Waals surface area (Å²) in [7, 11) is 0. The van der Waals surface area contributed by atoms with E-state index < -0.39 is 0 Å². The first-order valence-corrected chi connectivity index (χ1v) is 11.9. The van der Waals surface area contributed by atoms with Gasteiger partial charge >= 0.3 is 0 Å². The molecule has 4 nitrogen and oxygen atoms in total. The van der Waals surface area contributed by atoms with Crippen molar-refractivity contribution in [1.29, 1.82) is 0 Å². The van der Waals surface area contributed by atoms with Crippen LogP contribution in [0, 0.1) is 5.82 Å². The van der Waals surface area contributed by atoms with Gasteiger partial charge in [0, 0.05) is 31.4 Å². The van der Waals surface area contributed by atoms with Gasteiger partial charge in [0.1, 0.15) is 17.3 Å². The SMILES string of the molecule is CCOc1cc(CN2CCC(Nc3ccccc3)CC2)cc(OCC)c1-c1ccc(F)cc1. The first kappa shape index (κ1) is 23.1. The van der Waals surface area contributed by atoms with Crippen molar-refractivity contribution in [2.75, 3.05) is 31.6 Å². The summed E-state index contributed by atoms with van der Waals surface area (Å²) < 4.78 is 25.5. The van der Waals surface area contributed by atoms with Crippen LogP contribution in [-0.2, 0) is 6.54 Å². The summed E-state index contributed by atoms with van der Waals surface area (Å²) in [5, 5.41) is 3.65. The zero-order valence-electron chi connectivity index (χ0n) is 19.5. The van der Waals surface area contributed by atoms with E-state index in [9.17, 15) is 4.39 Å². The maximum absolute atomic E-state index is 13.5. The van der Waals surface area contributed by atoms with E-state index in [0.717, 1.165) is 55.1 Å². The second-order valence-electron chi connectivity index (χ2n) is 8.40. The topological polar surface area (TPSA) is 33.7 Å². The van der Waals surface area contributed by atoms with Gasteiger partial charge in [0.25, 0.3) is 0 Å². The number of para-hydroxylation sites is 1. The summed E-state index contributed by atoms with van der Waals surface area (Å²) in [5.41, 5.74) is 4.13. The summed E-state index contributed by atoms with van der Waals surface area (Å²) in [6, 6.07) is 21.7. The second-order valence-corrected chi connectivity index (χ2v) is 8.40. The lowest BCUT2D eigenvalue weighted by Gasteiger charge is -2.33. The molecule has 0 saturated carbocycles. The molecule has 0 aromatic heterocycles. The van der Waals surface area contributed by atoms with Crippen LogP contribution >= 0.6 is 0 Å². The lowest BCUT2D eigenvalue weighted by Crippen LogP contribution is -2.38. The van der Waals surface area contributed by atoms with E-state index >= 15 is 0 Å². The molecule has 0 aliphatic carbocycles. The Morgan fingerprint density at radius 2 is 1.48 bits per heavy atom. The molecule has 3 aromatic carbocycles. The third-order valence-corrected chi connectivity index (χ3v) is 6.00. The van der Waals surface area contributed by atoms with Crippen LogP contribution in [0.5, 0.6) is 11.5 Å². The van der Waals surface area contributed by atoms with Gasteiger partial charge in [0.15, 0.2) is 0 Å². The van der Waals surface area contributed by atoms with Crippen LogP contribution in [0.1, 0.15) is 32.3 Å². The molecule has 0 bridgehead atoms. The highest BCUT2D eigenvalue weighted by Crippen LogP contribution is 2.40. The summed E-state index contributed by atoms with van der Waals surface area (Å²) in [6.45, 7) is 8.00. The molecule has 0 unspecified atom stereocenters. The van der Waals surface area contributed by atoms with E-state index in [2.05, 4.69) is 46.6 Å². The Labute approximate surface area is 196 Å². The molecule has 0 amide bonds. The number of hydrogen-bond acceptors (Lipinski definition) is 4.